The van der Waals surface area contributed by atoms with Gasteiger partial charge in [-0.15, -0.1) is 0 Å². The van der Waals surface area contributed by atoms with Crippen molar-refractivity contribution in [3.63, 3.8) is 0 Å². The summed E-state index contributed by atoms with van der Waals surface area (Å²) in [5, 5.41) is 2.31. The first-order valence-corrected chi connectivity index (χ1v) is 3.85. The van der Waals surface area contributed by atoms with Crippen LogP contribution in [0.3, 0.4) is 0 Å². The molecule has 0 aromatic carbocycles. The number of anilines is 1. The quantitative estimate of drug-likeness (QED) is 0.715. The van der Waals surface area contributed by atoms with Crippen molar-refractivity contribution in [2.45, 2.75) is 6.92 Å². The molecule has 2 N–H and O–H groups in total. The van der Waals surface area contributed by atoms with Crippen molar-refractivity contribution in [2.24, 2.45) is 0 Å². The Morgan fingerprint density at radius 2 is 2.46 bits per heavy atom. The minimum atomic E-state index is -0.626. The summed E-state index contributed by atoms with van der Waals surface area (Å²) in [6.07, 6.45) is 0.859. The summed E-state index contributed by atoms with van der Waals surface area (Å²) >= 11 is 0. The largest absolute Gasteiger partial charge is 0.450 e. The Bertz CT molecular complexity index is 345. The number of amides is 1. The number of hydrogen-bond acceptors (Lipinski definition) is 3. The van der Waals surface area contributed by atoms with Gasteiger partial charge in [0.1, 0.15) is 5.69 Å². The zero-order chi connectivity index (χ0) is 9.68. The summed E-state index contributed by atoms with van der Waals surface area (Å²) in [6, 6.07) is 3.11. The molecule has 5 nitrogen and oxygen atoms in total. The SMILES string of the molecule is CCOC(=O)Nc1ccc[nH]c1=O. The Kier molecular flexibility index (Phi) is 3.08. The van der Waals surface area contributed by atoms with Gasteiger partial charge in [-0.05, 0) is 19.1 Å². The first-order valence-electron chi connectivity index (χ1n) is 3.85. The first kappa shape index (κ1) is 9.31. The second kappa shape index (κ2) is 4.30. The summed E-state index contributed by atoms with van der Waals surface area (Å²) in [4.78, 5) is 24.3. The van der Waals surface area contributed by atoms with Crippen LogP contribution in [0.2, 0.25) is 0 Å². The molecule has 13 heavy (non-hydrogen) atoms. The maximum Gasteiger partial charge on any atom is 0.411 e. The van der Waals surface area contributed by atoms with Gasteiger partial charge in [-0.1, -0.05) is 0 Å². The maximum absolute atomic E-state index is 11.0. The van der Waals surface area contributed by atoms with Crippen LogP contribution < -0.4 is 10.9 Å². The summed E-state index contributed by atoms with van der Waals surface area (Å²) < 4.78 is 4.60. The third kappa shape index (κ3) is 2.62. The molecule has 1 rings (SSSR count). The number of carbonyl (C=O) groups is 1. The van der Waals surface area contributed by atoms with Crippen molar-refractivity contribution in [3.05, 3.63) is 28.7 Å². The lowest BCUT2D eigenvalue weighted by Crippen LogP contribution is -2.19. The molecule has 0 saturated heterocycles. The molecule has 0 atom stereocenters. The second-order valence-electron chi connectivity index (χ2n) is 2.26. The van der Waals surface area contributed by atoms with E-state index in [4.69, 9.17) is 0 Å². The predicted molar refractivity (Wildman–Crippen MR) is 47.7 cm³/mol. The summed E-state index contributed by atoms with van der Waals surface area (Å²) in [5.41, 5.74) is -0.170. The standard InChI is InChI=1S/C8H10N2O3/c1-2-13-8(12)10-6-4-3-5-9-7(6)11/h3-5H,2H2,1H3,(H,9,11)(H,10,12). The van der Waals surface area contributed by atoms with E-state index in [0.29, 0.717) is 0 Å². The van der Waals surface area contributed by atoms with Gasteiger partial charge in [-0.25, -0.2) is 4.79 Å². The number of hydrogen-bond donors (Lipinski definition) is 2. The molecule has 70 valence electrons. The van der Waals surface area contributed by atoms with Crippen molar-refractivity contribution >= 4 is 11.8 Å². The molecule has 0 unspecified atom stereocenters. The Morgan fingerprint density at radius 1 is 1.69 bits per heavy atom. The van der Waals surface area contributed by atoms with Crippen LogP contribution in [-0.4, -0.2) is 17.7 Å². The van der Waals surface area contributed by atoms with Crippen LogP contribution in [0.1, 0.15) is 6.92 Å². The molecule has 0 aliphatic rings. The lowest BCUT2D eigenvalue weighted by molar-refractivity contribution is 0.168. The highest BCUT2D eigenvalue weighted by atomic mass is 16.5. The predicted octanol–water partition coefficient (Wildman–Crippen LogP) is 0.943. The molecule has 0 spiro atoms. The summed E-state index contributed by atoms with van der Waals surface area (Å²) in [6.45, 7) is 1.96. The molecule has 1 aromatic rings. The minimum Gasteiger partial charge on any atom is -0.450 e. The van der Waals surface area contributed by atoms with E-state index < -0.39 is 6.09 Å². The Hall–Kier alpha value is -1.78. The number of aromatic nitrogens is 1. The second-order valence-corrected chi connectivity index (χ2v) is 2.26. The molecule has 0 aliphatic heterocycles. The van der Waals surface area contributed by atoms with Gasteiger partial charge in [-0.2, -0.15) is 0 Å². The fourth-order valence-electron chi connectivity index (χ4n) is 0.797. The highest BCUT2D eigenvalue weighted by Crippen LogP contribution is 1.96. The van der Waals surface area contributed by atoms with Crippen LogP contribution >= 0.6 is 0 Å². The van der Waals surface area contributed by atoms with Gasteiger partial charge in [0.25, 0.3) is 5.56 Å². The molecule has 0 aliphatic carbocycles. The third-order valence-electron chi connectivity index (χ3n) is 1.33. The average molecular weight is 182 g/mol. The van der Waals surface area contributed by atoms with Crippen LogP contribution in [0.25, 0.3) is 0 Å². The van der Waals surface area contributed by atoms with Crippen molar-refractivity contribution in [2.75, 3.05) is 11.9 Å². The number of aromatic amines is 1. The topological polar surface area (TPSA) is 71.2 Å². The Labute approximate surface area is 74.7 Å². The highest BCUT2D eigenvalue weighted by Gasteiger charge is 2.03. The normalized spacial score (nSPS) is 9.31. The number of pyridine rings is 1. The zero-order valence-corrected chi connectivity index (χ0v) is 7.16. The van der Waals surface area contributed by atoms with Crippen LogP contribution in [0, 0.1) is 0 Å². The minimum absolute atomic E-state index is 0.181. The van der Waals surface area contributed by atoms with Gasteiger partial charge in [0.05, 0.1) is 6.61 Å². The number of H-pyrrole nitrogens is 1. The summed E-state index contributed by atoms with van der Waals surface area (Å²) in [5.74, 6) is 0. The van der Waals surface area contributed by atoms with Gasteiger partial charge < -0.3 is 9.72 Å². The van der Waals surface area contributed by atoms with Gasteiger partial charge in [0.2, 0.25) is 0 Å². The van der Waals surface area contributed by atoms with E-state index in [2.05, 4.69) is 15.0 Å². The third-order valence-corrected chi connectivity index (χ3v) is 1.33. The molecule has 0 fully saturated rings. The van der Waals surface area contributed by atoms with Crippen molar-refractivity contribution < 1.29 is 9.53 Å². The molecule has 1 heterocycles. The fourth-order valence-corrected chi connectivity index (χ4v) is 0.797. The van der Waals surface area contributed by atoms with Crippen molar-refractivity contribution in [1.29, 1.82) is 0 Å². The van der Waals surface area contributed by atoms with Gasteiger partial charge in [-0.3, -0.25) is 10.1 Å². The molecule has 1 aromatic heterocycles. The van der Waals surface area contributed by atoms with E-state index in [1.165, 1.54) is 12.3 Å². The van der Waals surface area contributed by atoms with Crippen LogP contribution in [0.5, 0.6) is 0 Å². The first-order chi connectivity index (χ1) is 6.24. The number of nitrogens with one attached hydrogen (secondary N) is 2. The fraction of sp³-hybridized carbons (Fsp3) is 0.250. The molecule has 0 saturated carbocycles. The highest BCUT2D eigenvalue weighted by molar-refractivity contribution is 5.84. The van der Waals surface area contributed by atoms with Crippen LogP contribution in [0.15, 0.2) is 23.1 Å². The number of rotatable bonds is 2. The maximum atomic E-state index is 11.0. The zero-order valence-electron chi connectivity index (χ0n) is 7.16. The van der Waals surface area contributed by atoms with E-state index in [1.807, 2.05) is 0 Å². The van der Waals surface area contributed by atoms with E-state index >= 15 is 0 Å². The molecular formula is C8H10N2O3. The molecule has 1 amide bonds. The smallest absolute Gasteiger partial charge is 0.411 e. The lowest BCUT2D eigenvalue weighted by Gasteiger charge is -2.02. The van der Waals surface area contributed by atoms with E-state index in [9.17, 15) is 9.59 Å². The lowest BCUT2D eigenvalue weighted by atomic mass is 10.4. The Balaban J connectivity index is 2.69. The van der Waals surface area contributed by atoms with Gasteiger partial charge >= 0.3 is 6.09 Å². The van der Waals surface area contributed by atoms with Crippen molar-refractivity contribution in [1.82, 2.24) is 4.98 Å². The van der Waals surface area contributed by atoms with Gasteiger partial charge in [0, 0.05) is 6.20 Å². The van der Waals surface area contributed by atoms with E-state index in [-0.39, 0.29) is 17.9 Å². The van der Waals surface area contributed by atoms with Crippen LogP contribution in [-0.2, 0) is 4.74 Å². The monoisotopic (exact) mass is 182 g/mol. The number of ether oxygens (including phenoxy) is 1. The number of carbonyl (C=O) groups excluding carboxylic acids is 1. The molecule has 5 heteroatoms. The van der Waals surface area contributed by atoms with Crippen LogP contribution in [0.4, 0.5) is 10.5 Å². The average Bonchev–Trinajstić information content (AvgIpc) is 2.09. The van der Waals surface area contributed by atoms with E-state index in [0.717, 1.165) is 0 Å². The van der Waals surface area contributed by atoms with Gasteiger partial charge in [0.15, 0.2) is 0 Å². The van der Waals surface area contributed by atoms with E-state index in [1.54, 1.807) is 13.0 Å². The van der Waals surface area contributed by atoms with Crippen molar-refractivity contribution in [3.8, 4) is 0 Å². The molecule has 0 radical (unpaired) electrons. The molecule has 0 bridgehead atoms. The molecular weight excluding hydrogens is 172 g/mol. The Morgan fingerprint density at radius 3 is 3.08 bits per heavy atom. The summed E-state index contributed by atoms with van der Waals surface area (Å²) in [7, 11) is 0.